The molecule has 3 rings (SSSR count). The van der Waals surface area contributed by atoms with Crippen LogP contribution in [0.5, 0.6) is 0 Å². The zero-order valence-electron chi connectivity index (χ0n) is 14.8. The third-order valence-corrected chi connectivity index (χ3v) is 3.89. The molecule has 0 radical (unpaired) electrons. The van der Waals surface area contributed by atoms with Crippen molar-refractivity contribution in [3.8, 4) is 5.69 Å². The Balaban J connectivity index is 2.04. The molecule has 134 valence electrons. The standard InChI is InChI=1S/C20H19F2N3O/c1-20(2,3)17-12-18(23-19(26)15-9-4-5-10-16(15)22)25(24-17)14-8-6-7-13(21)11-14/h4-12H,1-3H3,(H,23,26). The van der Waals surface area contributed by atoms with E-state index in [1.54, 1.807) is 24.3 Å². The van der Waals surface area contributed by atoms with Crippen LogP contribution in [0.2, 0.25) is 0 Å². The van der Waals surface area contributed by atoms with Crippen molar-refractivity contribution in [2.45, 2.75) is 26.2 Å². The lowest BCUT2D eigenvalue weighted by molar-refractivity contribution is 0.102. The van der Waals surface area contributed by atoms with E-state index >= 15 is 0 Å². The zero-order chi connectivity index (χ0) is 18.9. The van der Waals surface area contributed by atoms with Gasteiger partial charge in [0.1, 0.15) is 17.5 Å². The fraction of sp³-hybridized carbons (Fsp3) is 0.200. The van der Waals surface area contributed by atoms with E-state index in [2.05, 4.69) is 10.4 Å². The molecule has 2 aromatic carbocycles. The predicted molar refractivity (Wildman–Crippen MR) is 96.6 cm³/mol. The number of rotatable bonds is 3. The molecule has 4 nitrogen and oxygen atoms in total. The van der Waals surface area contributed by atoms with Crippen molar-refractivity contribution in [1.82, 2.24) is 9.78 Å². The Morgan fingerprint density at radius 3 is 2.42 bits per heavy atom. The second kappa shape index (κ2) is 6.71. The first-order valence-corrected chi connectivity index (χ1v) is 8.18. The maximum atomic E-state index is 13.9. The van der Waals surface area contributed by atoms with E-state index < -0.39 is 17.5 Å². The molecule has 0 aliphatic heterocycles. The van der Waals surface area contributed by atoms with Crippen LogP contribution in [0.3, 0.4) is 0 Å². The summed E-state index contributed by atoms with van der Waals surface area (Å²) in [5, 5.41) is 7.18. The number of halogens is 2. The number of hydrogen-bond donors (Lipinski definition) is 1. The SMILES string of the molecule is CC(C)(C)c1cc(NC(=O)c2ccccc2F)n(-c2cccc(F)c2)n1. The Labute approximate surface area is 150 Å². The summed E-state index contributed by atoms with van der Waals surface area (Å²) in [6.45, 7) is 5.94. The molecule has 0 atom stereocenters. The van der Waals surface area contributed by atoms with Gasteiger partial charge in [-0.25, -0.2) is 13.5 Å². The summed E-state index contributed by atoms with van der Waals surface area (Å²) in [4.78, 5) is 12.5. The number of amides is 1. The number of carbonyl (C=O) groups excluding carboxylic acids is 1. The fourth-order valence-electron chi connectivity index (χ4n) is 2.47. The smallest absolute Gasteiger partial charge is 0.259 e. The molecule has 1 heterocycles. The molecule has 3 aromatic rings. The molecule has 26 heavy (non-hydrogen) atoms. The van der Waals surface area contributed by atoms with Crippen LogP contribution in [0.4, 0.5) is 14.6 Å². The Bertz CT molecular complexity index is 958. The van der Waals surface area contributed by atoms with Gasteiger partial charge in [0.05, 0.1) is 16.9 Å². The first-order valence-electron chi connectivity index (χ1n) is 8.18. The highest BCUT2D eigenvalue weighted by atomic mass is 19.1. The largest absolute Gasteiger partial charge is 0.306 e. The second-order valence-corrected chi connectivity index (χ2v) is 6.99. The molecule has 0 aliphatic rings. The maximum absolute atomic E-state index is 13.9. The van der Waals surface area contributed by atoms with Crippen LogP contribution < -0.4 is 5.32 Å². The van der Waals surface area contributed by atoms with Crippen molar-refractivity contribution < 1.29 is 13.6 Å². The summed E-state index contributed by atoms with van der Waals surface area (Å²) < 4.78 is 29.0. The lowest BCUT2D eigenvalue weighted by Crippen LogP contribution is -2.16. The van der Waals surface area contributed by atoms with Gasteiger partial charge in [-0.2, -0.15) is 5.10 Å². The minimum absolute atomic E-state index is 0.0724. The average molecular weight is 355 g/mol. The van der Waals surface area contributed by atoms with Gasteiger partial charge in [-0.15, -0.1) is 0 Å². The topological polar surface area (TPSA) is 46.9 Å². The van der Waals surface area contributed by atoms with Gasteiger partial charge in [-0.05, 0) is 30.3 Å². The number of carbonyl (C=O) groups is 1. The number of anilines is 1. The molecular weight excluding hydrogens is 336 g/mol. The molecule has 6 heteroatoms. The van der Waals surface area contributed by atoms with Gasteiger partial charge in [0, 0.05) is 11.5 Å². The van der Waals surface area contributed by atoms with Crippen LogP contribution >= 0.6 is 0 Å². The highest BCUT2D eigenvalue weighted by Crippen LogP contribution is 2.27. The number of aromatic nitrogens is 2. The van der Waals surface area contributed by atoms with Gasteiger partial charge in [0.25, 0.3) is 5.91 Å². The van der Waals surface area contributed by atoms with Gasteiger partial charge in [-0.3, -0.25) is 4.79 Å². The second-order valence-electron chi connectivity index (χ2n) is 6.99. The Morgan fingerprint density at radius 1 is 1.04 bits per heavy atom. The van der Waals surface area contributed by atoms with Crippen LogP contribution in [0.1, 0.15) is 36.8 Å². The van der Waals surface area contributed by atoms with Gasteiger partial charge in [0.15, 0.2) is 0 Å². The van der Waals surface area contributed by atoms with Crippen molar-refractivity contribution in [3.63, 3.8) is 0 Å². The van der Waals surface area contributed by atoms with Gasteiger partial charge in [-0.1, -0.05) is 39.0 Å². The van der Waals surface area contributed by atoms with Gasteiger partial charge >= 0.3 is 0 Å². The van der Waals surface area contributed by atoms with Crippen LogP contribution in [-0.4, -0.2) is 15.7 Å². The van der Waals surface area contributed by atoms with Crippen LogP contribution in [0.25, 0.3) is 5.69 Å². The number of hydrogen-bond acceptors (Lipinski definition) is 2. The van der Waals surface area contributed by atoms with Gasteiger partial charge in [0.2, 0.25) is 0 Å². The molecule has 0 unspecified atom stereocenters. The third-order valence-electron chi connectivity index (χ3n) is 3.89. The zero-order valence-corrected chi connectivity index (χ0v) is 14.8. The number of nitrogens with one attached hydrogen (secondary N) is 1. The van der Waals surface area contributed by atoms with Crippen LogP contribution in [0, 0.1) is 11.6 Å². The first-order chi connectivity index (χ1) is 12.3. The predicted octanol–water partition coefficient (Wildman–Crippen LogP) is 4.70. The van der Waals surface area contributed by atoms with Crippen molar-refractivity contribution in [2.75, 3.05) is 5.32 Å². The Hall–Kier alpha value is -3.02. The quantitative estimate of drug-likeness (QED) is 0.740. The monoisotopic (exact) mass is 355 g/mol. The van der Waals surface area contributed by atoms with E-state index in [1.807, 2.05) is 20.8 Å². The molecule has 1 N–H and O–H groups in total. The van der Waals surface area contributed by atoms with Crippen molar-refractivity contribution in [1.29, 1.82) is 0 Å². The summed E-state index contributed by atoms with van der Waals surface area (Å²) in [6, 6.07) is 13.3. The average Bonchev–Trinajstić information content (AvgIpc) is 2.99. The number of nitrogens with zero attached hydrogens (tertiary/aromatic N) is 2. The molecule has 1 amide bonds. The van der Waals surface area contributed by atoms with Crippen LogP contribution in [0.15, 0.2) is 54.6 Å². The Kier molecular flexibility index (Phi) is 4.59. The molecule has 1 aromatic heterocycles. The third kappa shape index (κ3) is 3.64. The lowest BCUT2D eigenvalue weighted by atomic mass is 9.92. The Morgan fingerprint density at radius 2 is 1.77 bits per heavy atom. The summed E-state index contributed by atoms with van der Waals surface area (Å²) in [5.41, 5.74) is 0.822. The van der Waals surface area contributed by atoms with Crippen LogP contribution in [-0.2, 0) is 5.41 Å². The van der Waals surface area contributed by atoms with E-state index in [4.69, 9.17) is 0 Å². The summed E-state index contributed by atoms with van der Waals surface area (Å²) in [6.07, 6.45) is 0. The summed E-state index contributed by atoms with van der Waals surface area (Å²) >= 11 is 0. The highest BCUT2D eigenvalue weighted by molar-refractivity contribution is 6.04. The minimum atomic E-state index is -0.613. The number of benzene rings is 2. The van der Waals surface area contributed by atoms with Gasteiger partial charge < -0.3 is 5.32 Å². The molecule has 0 saturated carbocycles. The van der Waals surface area contributed by atoms with E-state index in [-0.39, 0.29) is 11.0 Å². The van der Waals surface area contributed by atoms with E-state index in [0.717, 1.165) is 0 Å². The normalized spacial score (nSPS) is 11.4. The summed E-state index contributed by atoms with van der Waals surface area (Å²) in [7, 11) is 0. The molecular formula is C20H19F2N3O. The van der Waals surface area contributed by atoms with E-state index in [0.29, 0.717) is 17.2 Å². The maximum Gasteiger partial charge on any atom is 0.259 e. The minimum Gasteiger partial charge on any atom is -0.306 e. The molecule has 0 aliphatic carbocycles. The fourth-order valence-corrected chi connectivity index (χ4v) is 2.47. The molecule has 0 fully saturated rings. The van der Waals surface area contributed by atoms with E-state index in [1.165, 1.54) is 35.0 Å². The van der Waals surface area contributed by atoms with Crippen molar-refractivity contribution in [2.24, 2.45) is 0 Å². The van der Waals surface area contributed by atoms with Crippen molar-refractivity contribution >= 4 is 11.7 Å². The van der Waals surface area contributed by atoms with E-state index in [9.17, 15) is 13.6 Å². The highest BCUT2D eigenvalue weighted by Gasteiger charge is 2.22. The first kappa shape index (κ1) is 17.8. The summed E-state index contributed by atoms with van der Waals surface area (Å²) in [5.74, 6) is -1.28. The molecule has 0 saturated heterocycles. The molecule has 0 spiro atoms. The van der Waals surface area contributed by atoms with Crippen molar-refractivity contribution in [3.05, 3.63) is 77.5 Å². The lowest BCUT2D eigenvalue weighted by Gasteiger charge is -2.14. The molecule has 0 bridgehead atoms.